The van der Waals surface area contributed by atoms with E-state index in [0.29, 0.717) is 12.1 Å². The largest absolute Gasteiger partial charge is 0.508 e. The zero-order chi connectivity index (χ0) is 11.4. The van der Waals surface area contributed by atoms with Crippen molar-refractivity contribution in [3.05, 3.63) is 23.8 Å². The van der Waals surface area contributed by atoms with E-state index in [9.17, 15) is 9.90 Å². The lowest BCUT2D eigenvalue weighted by Crippen LogP contribution is -2.20. The molecule has 1 amide bonds. The van der Waals surface area contributed by atoms with E-state index in [4.69, 9.17) is 0 Å². The molecular weight excluding hydrogens is 210 g/mol. The quantitative estimate of drug-likeness (QED) is 0.595. The van der Waals surface area contributed by atoms with Crippen LogP contribution in [0.2, 0.25) is 0 Å². The van der Waals surface area contributed by atoms with Crippen molar-refractivity contribution in [2.45, 2.75) is 25.5 Å². The maximum Gasteiger partial charge on any atom is 0.225 e. The molecule has 82 valence electrons. The predicted octanol–water partition coefficient (Wildman–Crippen LogP) is 2.73. The second-order valence-electron chi connectivity index (χ2n) is 3.04. The van der Waals surface area contributed by atoms with Gasteiger partial charge in [-0.2, -0.15) is 12.6 Å². The molecule has 0 aliphatic carbocycles. The van der Waals surface area contributed by atoms with Gasteiger partial charge in [-0.05, 0) is 11.6 Å². The van der Waals surface area contributed by atoms with E-state index in [1.807, 2.05) is 13.8 Å². The van der Waals surface area contributed by atoms with Crippen molar-refractivity contribution >= 4 is 24.2 Å². The Morgan fingerprint density at radius 1 is 1.47 bits per heavy atom. The SMILES string of the molecule is CC.O=C1CC(S)c2ccc(O)cc2N1. The highest BCUT2D eigenvalue weighted by Crippen LogP contribution is 2.36. The lowest BCUT2D eigenvalue weighted by Gasteiger charge is -2.21. The first-order chi connectivity index (χ1) is 7.16. The molecule has 3 nitrogen and oxygen atoms in total. The van der Waals surface area contributed by atoms with Gasteiger partial charge >= 0.3 is 0 Å². The van der Waals surface area contributed by atoms with Gasteiger partial charge in [-0.1, -0.05) is 19.9 Å². The molecule has 0 fully saturated rings. The maximum absolute atomic E-state index is 11.1. The second kappa shape index (κ2) is 5.07. The summed E-state index contributed by atoms with van der Waals surface area (Å²) in [5.74, 6) is 0.0968. The molecule has 1 aliphatic rings. The lowest BCUT2D eigenvalue weighted by atomic mass is 10.0. The van der Waals surface area contributed by atoms with Gasteiger partial charge in [-0.15, -0.1) is 0 Å². The van der Waals surface area contributed by atoms with Crippen LogP contribution in [0.25, 0.3) is 0 Å². The van der Waals surface area contributed by atoms with Gasteiger partial charge in [0.1, 0.15) is 5.75 Å². The van der Waals surface area contributed by atoms with Gasteiger partial charge in [-0.3, -0.25) is 4.79 Å². The summed E-state index contributed by atoms with van der Waals surface area (Å²) in [5, 5.41) is 11.8. The summed E-state index contributed by atoms with van der Waals surface area (Å²) in [5.41, 5.74) is 1.62. The highest BCUT2D eigenvalue weighted by Gasteiger charge is 2.22. The van der Waals surface area contributed by atoms with Crippen LogP contribution in [0.3, 0.4) is 0 Å². The van der Waals surface area contributed by atoms with Crippen LogP contribution in [-0.2, 0) is 4.79 Å². The molecule has 0 spiro atoms. The number of hydrogen-bond donors (Lipinski definition) is 3. The summed E-state index contributed by atoms with van der Waals surface area (Å²) >= 11 is 4.29. The van der Waals surface area contributed by atoms with E-state index >= 15 is 0 Å². The molecule has 0 bridgehead atoms. The molecule has 2 N–H and O–H groups in total. The molecule has 2 rings (SSSR count). The summed E-state index contributed by atoms with van der Waals surface area (Å²) in [6, 6.07) is 4.91. The number of anilines is 1. The molecule has 1 aromatic carbocycles. The maximum atomic E-state index is 11.1. The lowest BCUT2D eigenvalue weighted by molar-refractivity contribution is -0.116. The van der Waals surface area contributed by atoms with Gasteiger partial charge in [0.25, 0.3) is 0 Å². The molecule has 0 saturated heterocycles. The van der Waals surface area contributed by atoms with Crippen LogP contribution < -0.4 is 5.32 Å². The third kappa shape index (κ3) is 2.65. The van der Waals surface area contributed by atoms with Gasteiger partial charge in [0.05, 0.1) is 0 Å². The number of carbonyl (C=O) groups excluding carboxylic acids is 1. The average Bonchev–Trinajstić information content (AvgIpc) is 2.19. The van der Waals surface area contributed by atoms with Crippen molar-refractivity contribution in [1.82, 2.24) is 0 Å². The second-order valence-corrected chi connectivity index (χ2v) is 3.66. The van der Waals surface area contributed by atoms with Gasteiger partial charge in [0.2, 0.25) is 5.91 Å². The van der Waals surface area contributed by atoms with Crippen LogP contribution in [0.15, 0.2) is 18.2 Å². The fourth-order valence-electron chi connectivity index (χ4n) is 1.43. The van der Waals surface area contributed by atoms with Gasteiger partial charge < -0.3 is 10.4 Å². The first-order valence-electron chi connectivity index (χ1n) is 4.97. The monoisotopic (exact) mass is 225 g/mol. The zero-order valence-corrected chi connectivity index (χ0v) is 9.71. The number of fused-ring (bicyclic) bond motifs is 1. The number of thiol groups is 1. The van der Waals surface area contributed by atoms with Crippen molar-refractivity contribution in [3.8, 4) is 5.75 Å². The van der Waals surface area contributed by atoms with Crippen LogP contribution in [0.4, 0.5) is 5.69 Å². The minimum atomic E-state index is -0.0654. The van der Waals surface area contributed by atoms with Crippen LogP contribution >= 0.6 is 12.6 Å². The minimum Gasteiger partial charge on any atom is -0.508 e. The first kappa shape index (κ1) is 11.9. The standard InChI is InChI=1S/C9H9NO2S.C2H6/c11-5-1-2-6-7(3-5)10-9(12)4-8(6)13;1-2/h1-3,8,11,13H,4H2,(H,10,12);1-2H3. The Morgan fingerprint density at radius 3 is 2.80 bits per heavy atom. The van der Waals surface area contributed by atoms with E-state index in [-0.39, 0.29) is 16.9 Å². The molecule has 1 atom stereocenters. The van der Waals surface area contributed by atoms with Crippen molar-refractivity contribution in [2.75, 3.05) is 5.32 Å². The van der Waals surface area contributed by atoms with Crippen LogP contribution in [0.1, 0.15) is 31.1 Å². The normalized spacial score (nSPS) is 18.3. The number of hydrogen-bond acceptors (Lipinski definition) is 3. The van der Waals surface area contributed by atoms with Gasteiger partial charge in [0, 0.05) is 23.4 Å². The number of amides is 1. The van der Waals surface area contributed by atoms with E-state index < -0.39 is 0 Å². The fraction of sp³-hybridized carbons (Fsp3) is 0.364. The fourth-order valence-corrected chi connectivity index (χ4v) is 1.82. The number of rotatable bonds is 0. The highest BCUT2D eigenvalue weighted by atomic mass is 32.1. The number of phenols is 1. The average molecular weight is 225 g/mol. The molecule has 0 saturated carbocycles. The van der Waals surface area contributed by atoms with E-state index in [1.54, 1.807) is 12.1 Å². The predicted molar refractivity (Wildman–Crippen MR) is 64.4 cm³/mol. The molecule has 4 heteroatoms. The summed E-state index contributed by atoms with van der Waals surface area (Å²) in [7, 11) is 0. The van der Waals surface area contributed by atoms with Crippen LogP contribution in [0.5, 0.6) is 5.75 Å². The molecule has 1 heterocycles. The van der Waals surface area contributed by atoms with E-state index in [1.165, 1.54) is 6.07 Å². The molecule has 0 radical (unpaired) electrons. The number of nitrogens with one attached hydrogen (secondary N) is 1. The summed E-state index contributed by atoms with van der Waals surface area (Å²) in [6.45, 7) is 4.00. The zero-order valence-electron chi connectivity index (χ0n) is 8.82. The van der Waals surface area contributed by atoms with Crippen LogP contribution in [-0.4, -0.2) is 11.0 Å². The number of carbonyl (C=O) groups is 1. The van der Waals surface area contributed by atoms with Crippen molar-refractivity contribution < 1.29 is 9.90 Å². The Bertz CT molecular complexity index is 366. The summed E-state index contributed by atoms with van der Waals surface area (Å²) < 4.78 is 0. The van der Waals surface area contributed by atoms with Crippen molar-refractivity contribution in [3.63, 3.8) is 0 Å². The Balaban J connectivity index is 0.000000531. The Kier molecular flexibility index (Phi) is 4.03. The molecule has 0 aromatic heterocycles. The Hall–Kier alpha value is -1.16. The van der Waals surface area contributed by atoms with E-state index in [2.05, 4.69) is 17.9 Å². The smallest absolute Gasteiger partial charge is 0.225 e. The number of phenolic OH excluding ortho intramolecular Hbond substituents is 1. The van der Waals surface area contributed by atoms with E-state index in [0.717, 1.165) is 5.56 Å². The third-order valence-electron chi connectivity index (χ3n) is 2.05. The van der Waals surface area contributed by atoms with Crippen LogP contribution in [0, 0.1) is 0 Å². The van der Waals surface area contributed by atoms with Gasteiger partial charge in [-0.25, -0.2) is 0 Å². The summed E-state index contributed by atoms with van der Waals surface area (Å²) in [6.07, 6.45) is 0.390. The van der Waals surface area contributed by atoms with Crippen molar-refractivity contribution in [1.29, 1.82) is 0 Å². The number of aromatic hydroxyl groups is 1. The Morgan fingerprint density at radius 2 is 2.13 bits per heavy atom. The topological polar surface area (TPSA) is 49.3 Å². The first-order valence-corrected chi connectivity index (χ1v) is 5.49. The molecule has 15 heavy (non-hydrogen) atoms. The van der Waals surface area contributed by atoms with Crippen molar-refractivity contribution in [2.24, 2.45) is 0 Å². The highest BCUT2D eigenvalue weighted by molar-refractivity contribution is 7.80. The Labute approximate surface area is 94.9 Å². The molecule has 1 unspecified atom stereocenters. The van der Waals surface area contributed by atoms with Gasteiger partial charge in [0.15, 0.2) is 0 Å². The molecule has 1 aliphatic heterocycles. The third-order valence-corrected chi connectivity index (χ3v) is 2.51. The molecular formula is C11H15NO2S. The number of benzene rings is 1. The minimum absolute atomic E-state index is 0.0573. The molecule has 1 aromatic rings. The summed E-state index contributed by atoms with van der Waals surface area (Å²) in [4.78, 5) is 11.1.